The van der Waals surface area contributed by atoms with Gasteiger partial charge in [0, 0.05) is 67.4 Å². The Bertz CT molecular complexity index is 1330. The number of rotatable bonds is 4. The van der Waals surface area contributed by atoms with E-state index in [0.717, 1.165) is 22.2 Å². The average Bonchev–Trinajstić information content (AvgIpc) is 3.08. The predicted octanol–water partition coefficient (Wildman–Crippen LogP) is 2.59. The van der Waals surface area contributed by atoms with E-state index in [-0.39, 0.29) is 11.5 Å². The van der Waals surface area contributed by atoms with Crippen molar-refractivity contribution in [2.45, 2.75) is 13.0 Å². The van der Waals surface area contributed by atoms with E-state index in [9.17, 15) is 9.59 Å². The van der Waals surface area contributed by atoms with Crippen molar-refractivity contribution in [3.8, 4) is 11.1 Å². The molecule has 7 nitrogen and oxygen atoms in total. The van der Waals surface area contributed by atoms with E-state index in [1.165, 1.54) is 10.9 Å². The second kappa shape index (κ2) is 7.18. The van der Waals surface area contributed by atoms with Crippen LogP contribution in [0, 0.1) is 0 Å². The summed E-state index contributed by atoms with van der Waals surface area (Å²) in [5.41, 5.74) is 3.87. The highest BCUT2D eigenvalue weighted by molar-refractivity contribution is 6.04. The van der Waals surface area contributed by atoms with Crippen LogP contribution in [0.3, 0.4) is 0 Å². The molecule has 7 heteroatoms. The molecule has 4 aromatic rings. The van der Waals surface area contributed by atoms with E-state index in [2.05, 4.69) is 16.0 Å². The summed E-state index contributed by atoms with van der Waals surface area (Å²) in [5.74, 6) is -0.137. The molecule has 0 spiro atoms. The van der Waals surface area contributed by atoms with Crippen molar-refractivity contribution < 1.29 is 4.79 Å². The van der Waals surface area contributed by atoms with Crippen molar-refractivity contribution in [2.75, 3.05) is 6.54 Å². The van der Waals surface area contributed by atoms with Crippen LogP contribution < -0.4 is 5.56 Å². The highest BCUT2D eigenvalue weighted by Gasteiger charge is 2.32. The number of pyridine rings is 2. The van der Waals surface area contributed by atoms with Gasteiger partial charge in [0.1, 0.15) is 6.33 Å². The Labute approximate surface area is 172 Å². The number of carbonyl (C=O) groups excluding carboxylic acids is 1. The van der Waals surface area contributed by atoms with Gasteiger partial charge in [0.25, 0.3) is 11.5 Å². The van der Waals surface area contributed by atoms with Crippen molar-refractivity contribution >= 4 is 16.8 Å². The van der Waals surface area contributed by atoms with Crippen LogP contribution in [-0.2, 0) is 20.0 Å². The largest absolute Gasteiger partial charge is 0.334 e. The summed E-state index contributed by atoms with van der Waals surface area (Å²) in [4.78, 5) is 40.5. The van der Waals surface area contributed by atoms with E-state index in [0.29, 0.717) is 36.2 Å². The minimum Gasteiger partial charge on any atom is -0.334 e. The number of nitrogens with zero attached hydrogens (tertiary/aromatic N) is 5. The van der Waals surface area contributed by atoms with Gasteiger partial charge in [0.2, 0.25) is 0 Å². The van der Waals surface area contributed by atoms with Gasteiger partial charge in [-0.15, -0.1) is 0 Å². The summed E-state index contributed by atoms with van der Waals surface area (Å²) >= 11 is 0. The lowest BCUT2D eigenvalue weighted by atomic mass is 10.0. The molecule has 0 unspecified atom stereocenters. The number of fused-ring (bicyclic) bond motifs is 2. The first-order valence-electron chi connectivity index (χ1n) is 9.73. The highest BCUT2D eigenvalue weighted by atomic mass is 16.2. The number of aryl methyl sites for hydroxylation is 1. The maximum absolute atomic E-state index is 13.2. The van der Waals surface area contributed by atoms with Crippen LogP contribution in [-0.4, -0.2) is 36.9 Å². The van der Waals surface area contributed by atoms with Gasteiger partial charge >= 0.3 is 0 Å². The number of carbonyl (C=O) groups is 1. The quantitative estimate of drug-likeness (QED) is 0.529. The Kier molecular flexibility index (Phi) is 4.35. The van der Waals surface area contributed by atoms with Gasteiger partial charge in [0.15, 0.2) is 0 Å². The summed E-state index contributed by atoms with van der Waals surface area (Å²) in [7, 11) is 1.70. The third-order valence-corrected chi connectivity index (χ3v) is 5.46. The molecular formula is C23H19N5O2. The zero-order valence-electron chi connectivity index (χ0n) is 16.4. The van der Waals surface area contributed by atoms with Crippen molar-refractivity contribution in [1.82, 2.24) is 24.4 Å². The van der Waals surface area contributed by atoms with Gasteiger partial charge in [0.05, 0.1) is 16.6 Å². The first-order chi connectivity index (χ1) is 14.6. The van der Waals surface area contributed by atoms with Gasteiger partial charge in [-0.3, -0.25) is 14.6 Å². The fraction of sp³-hybridized carbons (Fsp3) is 0.174. The fourth-order valence-electron chi connectivity index (χ4n) is 3.97. The third-order valence-electron chi connectivity index (χ3n) is 5.46. The van der Waals surface area contributed by atoms with Gasteiger partial charge in [-0.25, -0.2) is 9.97 Å². The van der Waals surface area contributed by atoms with E-state index in [1.54, 1.807) is 30.5 Å². The molecule has 30 heavy (non-hydrogen) atoms. The fourth-order valence-corrected chi connectivity index (χ4v) is 3.97. The van der Waals surface area contributed by atoms with Crippen LogP contribution in [0.5, 0.6) is 0 Å². The van der Waals surface area contributed by atoms with Gasteiger partial charge < -0.3 is 9.47 Å². The van der Waals surface area contributed by atoms with E-state index in [1.807, 2.05) is 30.3 Å². The normalized spacial score (nSPS) is 13.1. The number of aromatic nitrogens is 4. The number of hydrogen-bond donors (Lipinski definition) is 0. The van der Waals surface area contributed by atoms with E-state index < -0.39 is 0 Å². The van der Waals surface area contributed by atoms with E-state index >= 15 is 0 Å². The molecule has 1 amide bonds. The monoisotopic (exact) mass is 397 g/mol. The molecule has 1 aliphatic rings. The molecule has 0 radical (unpaired) electrons. The Morgan fingerprint density at radius 1 is 1.00 bits per heavy atom. The number of hydrogen-bond acceptors (Lipinski definition) is 5. The lowest BCUT2D eigenvalue weighted by Gasteiger charge is -2.15. The molecule has 0 bridgehead atoms. The average molecular weight is 397 g/mol. The molecule has 1 aliphatic heterocycles. The standard InChI is InChI=1S/C23H19N5O2/c1-27-12-17-13-28(9-8-18-7-6-15-4-2-3-5-19(15)26-18)23(30)21(17)20(22(27)29)16-10-24-14-25-11-16/h2-7,10-12,14H,8-9,13H2,1H3. The summed E-state index contributed by atoms with van der Waals surface area (Å²) < 4.78 is 1.52. The van der Waals surface area contributed by atoms with Gasteiger partial charge in [-0.2, -0.15) is 0 Å². The van der Waals surface area contributed by atoms with Crippen LogP contribution in [0.4, 0.5) is 0 Å². The molecule has 3 aromatic heterocycles. The van der Waals surface area contributed by atoms with Gasteiger partial charge in [-0.1, -0.05) is 24.3 Å². The zero-order chi connectivity index (χ0) is 20.7. The molecule has 0 N–H and O–H groups in total. The molecule has 0 aliphatic carbocycles. The molecule has 1 aromatic carbocycles. The summed E-state index contributed by atoms with van der Waals surface area (Å²) in [6.07, 6.45) is 6.93. The van der Waals surface area contributed by atoms with Gasteiger partial charge in [-0.05, 0) is 12.1 Å². The molecule has 5 rings (SSSR count). The van der Waals surface area contributed by atoms with Crippen molar-refractivity contribution in [1.29, 1.82) is 0 Å². The van der Waals surface area contributed by atoms with Crippen LogP contribution >= 0.6 is 0 Å². The topological polar surface area (TPSA) is 81.0 Å². The lowest BCUT2D eigenvalue weighted by Crippen LogP contribution is -2.27. The predicted molar refractivity (Wildman–Crippen MR) is 113 cm³/mol. The number of amides is 1. The van der Waals surface area contributed by atoms with Crippen molar-refractivity contribution in [2.24, 2.45) is 7.05 Å². The smallest absolute Gasteiger partial charge is 0.259 e. The summed E-state index contributed by atoms with van der Waals surface area (Å²) in [6.45, 7) is 0.998. The first kappa shape index (κ1) is 18.2. The van der Waals surface area contributed by atoms with Crippen molar-refractivity contribution in [3.63, 3.8) is 0 Å². The zero-order valence-corrected chi connectivity index (χ0v) is 16.4. The summed E-state index contributed by atoms with van der Waals surface area (Å²) in [6, 6.07) is 12.0. The molecule has 148 valence electrons. The molecule has 0 saturated carbocycles. The minimum atomic E-state index is -0.227. The second-order valence-electron chi connectivity index (χ2n) is 7.42. The maximum atomic E-state index is 13.2. The Hall–Kier alpha value is -3.87. The lowest BCUT2D eigenvalue weighted by molar-refractivity contribution is 0.0780. The second-order valence-corrected chi connectivity index (χ2v) is 7.42. The Morgan fingerprint density at radius 3 is 2.63 bits per heavy atom. The maximum Gasteiger partial charge on any atom is 0.259 e. The molecular weight excluding hydrogens is 378 g/mol. The van der Waals surface area contributed by atoms with Crippen LogP contribution in [0.15, 0.2) is 66.1 Å². The molecule has 0 fully saturated rings. The summed E-state index contributed by atoms with van der Waals surface area (Å²) in [5, 5.41) is 1.09. The molecule has 0 atom stereocenters. The SMILES string of the molecule is Cn1cc2c(c(-c3cncnc3)c1=O)C(=O)N(CCc1ccc3ccccc3n1)C2. The Balaban J connectivity index is 1.44. The number of benzene rings is 1. The highest BCUT2D eigenvalue weighted by Crippen LogP contribution is 2.29. The first-order valence-corrected chi connectivity index (χ1v) is 9.73. The Morgan fingerprint density at radius 2 is 1.80 bits per heavy atom. The van der Waals surface area contributed by atoms with Crippen LogP contribution in [0.1, 0.15) is 21.6 Å². The third kappa shape index (κ3) is 3.04. The molecule has 4 heterocycles. The minimum absolute atomic E-state index is 0.137. The van der Waals surface area contributed by atoms with E-state index in [4.69, 9.17) is 4.98 Å². The number of para-hydroxylation sites is 1. The van der Waals surface area contributed by atoms with Crippen LogP contribution in [0.2, 0.25) is 0 Å². The molecule has 0 saturated heterocycles. The van der Waals surface area contributed by atoms with Crippen molar-refractivity contribution in [3.05, 3.63) is 88.5 Å². The van der Waals surface area contributed by atoms with Crippen LogP contribution in [0.25, 0.3) is 22.0 Å².